The van der Waals surface area contributed by atoms with E-state index in [1.54, 1.807) is 0 Å². The summed E-state index contributed by atoms with van der Waals surface area (Å²) in [5.41, 5.74) is 4.00. The maximum Gasteiger partial charge on any atom is 0.407 e. The lowest BCUT2D eigenvalue weighted by Gasteiger charge is -2.25. The molecule has 2 amide bonds. The maximum atomic E-state index is 12.7. The van der Waals surface area contributed by atoms with Crippen molar-refractivity contribution in [2.75, 3.05) is 19.7 Å². The highest BCUT2D eigenvalue weighted by Gasteiger charge is 2.36. The molecule has 0 fully saturated rings. The highest BCUT2D eigenvalue weighted by Crippen LogP contribution is 2.44. The number of hydrogen-bond donors (Lipinski definition) is 2. The molecule has 1 aliphatic carbocycles. The number of carbonyl (C=O) groups excluding carboxylic acids is 2. The van der Waals surface area contributed by atoms with Gasteiger partial charge in [0.15, 0.2) is 0 Å². The van der Waals surface area contributed by atoms with Crippen LogP contribution >= 0.6 is 0 Å². The molecule has 10 heteroatoms. The van der Waals surface area contributed by atoms with Crippen molar-refractivity contribution in [3.8, 4) is 11.1 Å². The van der Waals surface area contributed by atoms with Crippen LogP contribution in [0.2, 0.25) is 0 Å². The number of carboxylic acid groups (broad SMARTS) is 1. The summed E-state index contributed by atoms with van der Waals surface area (Å²) >= 11 is 0. The predicted molar refractivity (Wildman–Crippen MR) is 108 cm³/mol. The van der Waals surface area contributed by atoms with E-state index in [1.807, 2.05) is 48.5 Å². The van der Waals surface area contributed by atoms with E-state index >= 15 is 0 Å². The number of aliphatic carboxylic acids is 1. The van der Waals surface area contributed by atoms with Gasteiger partial charge in [-0.1, -0.05) is 48.5 Å². The standard InChI is InChI=1S/C22H21F3N2O5/c1-13(20(30)27(10-19(28)29)12-22(23,24)25)26-21(31)32-11-18-16-8-4-2-6-14(16)15-7-3-5-9-17(15)18/h2-9,13,18H,10-12H2,1H3,(H,26,31)(H,28,29)/t13-/m1/s1. The molecule has 2 aromatic rings. The third-order valence-electron chi connectivity index (χ3n) is 5.06. The van der Waals surface area contributed by atoms with E-state index in [2.05, 4.69) is 5.32 Å². The van der Waals surface area contributed by atoms with Crippen LogP contribution in [0.25, 0.3) is 11.1 Å². The first kappa shape index (κ1) is 23.1. The number of alkyl carbamates (subject to hydrolysis) is 1. The molecule has 3 rings (SSSR count). The van der Waals surface area contributed by atoms with Crippen LogP contribution in [0.4, 0.5) is 18.0 Å². The number of carboxylic acids is 1. The summed E-state index contributed by atoms with van der Waals surface area (Å²) in [6, 6.07) is 13.9. The lowest BCUT2D eigenvalue weighted by atomic mass is 9.98. The number of ether oxygens (including phenoxy) is 1. The Bertz CT molecular complexity index is 979. The van der Waals surface area contributed by atoms with Crippen LogP contribution in [0.1, 0.15) is 24.0 Å². The average Bonchev–Trinajstić information content (AvgIpc) is 3.03. The van der Waals surface area contributed by atoms with E-state index in [4.69, 9.17) is 9.84 Å². The molecule has 0 spiro atoms. The van der Waals surface area contributed by atoms with Gasteiger partial charge in [0.05, 0.1) is 0 Å². The average molecular weight is 450 g/mol. The first-order valence-electron chi connectivity index (χ1n) is 9.75. The minimum absolute atomic E-state index is 0.0395. The molecule has 32 heavy (non-hydrogen) atoms. The molecular weight excluding hydrogens is 429 g/mol. The number of nitrogens with one attached hydrogen (secondary N) is 1. The van der Waals surface area contributed by atoms with Gasteiger partial charge < -0.3 is 20.1 Å². The Morgan fingerprint density at radius 3 is 2.09 bits per heavy atom. The molecular formula is C22H21F3N2O5. The zero-order valence-electron chi connectivity index (χ0n) is 17.1. The fourth-order valence-corrected chi connectivity index (χ4v) is 3.74. The van der Waals surface area contributed by atoms with Crippen LogP contribution in [0.3, 0.4) is 0 Å². The van der Waals surface area contributed by atoms with E-state index < -0.39 is 43.3 Å². The van der Waals surface area contributed by atoms with Crippen molar-refractivity contribution < 1.29 is 37.4 Å². The molecule has 0 aromatic heterocycles. The largest absolute Gasteiger partial charge is 0.480 e. The lowest BCUT2D eigenvalue weighted by molar-refractivity contribution is -0.166. The van der Waals surface area contributed by atoms with E-state index in [-0.39, 0.29) is 17.4 Å². The second-order valence-electron chi connectivity index (χ2n) is 7.39. The molecule has 0 radical (unpaired) electrons. The van der Waals surface area contributed by atoms with Crippen LogP contribution in [-0.2, 0) is 14.3 Å². The number of amides is 2. The number of rotatable bonds is 7. The smallest absolute Gasteiger partial charge is 0.407 e. The SMILES string of the molecule is C[C@@H](NC(=O)OCC1c2ccccc2-c2ccccc21)C(=O)N(CC(=O)O)CC(F)(F)F. The van der Waals surface area contributed by atoms with Gasteiger partial charge >= 0.3 is 18.2 Å². The van der Waals surface area contributed by atoms with Crippen molar-refractivity contribution in [2.24, 2.45) is 0 Å². The second-order valence-corrected chi connectivity index (χ2v) is 7.39. The van der Waals surface area contributed by atoms with Gasteiger partial charge in [0.1, 0.15) is 25.7 Å². The summed E-state index contributed by atoms with van der Waals surface area (Å²) in [6.45, 7) is -1.76. The summed E-state index contributed by atoms with van der Waals surface area (Å²) < 4.78 is 43.3. The van der Waals surface area contributed by atoms with Gasteiger partial charge in [0, 0.05) is 5.92 Å². The van der Waals surface area contributed by atoms with Gasteiger partial charge in [0.2, 0.25) is 5.91 Å². The van der Waals surface area contributed by atoms with Crippen molar-refractivity contribution in [2.45, 2.75) is 25.1 Å². The van der Waals surface area contributed by atoms with E-state index in [1.165, 1.54) is 0 Å². The van der Waals surface area contributed by atoms with Crippen LogP contribution < -0.4 is 5.32 Å². The Hall–Kier alpha value is -3.56. The zero-order chi connectivity index (χ0) is 23.5. The highest BCUT2D eigenvalue weighted by molar-refractivity contribution is 5.88. The van der Waals surface area contributed by atoms with E-state index in [0.29, 0.717) is 0 Å². The monoisotopic (exact) mass is 450 g/mol. The van der Waals surface area contributed by atoms with Crippen molar-refractivity contribution in [1.29, 1.82) is 0 Å². The minimum atomic E-state index is -4.78. The zero-order valence-corrected chi connectivity index (χ0v) is 17.1. The molecule has 0 saturated heterocycles. The number of hydrogen-bond acceptors (Lipinski definition) is 4. The number of alkyl halides is 3. The fourth-order valence-electron chi connectivity index (χ4n) is 3.74. The molecule has 1 atom stereocenters. The topological polar surface area (TPSA) is 95.9 Å². The van der Waals surface area contributed by atoms with Crippen molar-refractivity contribution in [3.05, 3.63) is 59.7 Å². The number of carbonyl (C=O) groups is 3. The van der Waals surface area contributed by atoms with Crippen molar-refractivity contribution in [3.63, 3.8) is 0 Å². The Morgan fingerprint density at radius 1 is 1.06 bits per heavy atom. The first-order chi connectivity index (χ1) is 15.1. The summed E-state index contributed by atoms with van der Waals surface area (Å²) in [6.07, 6.45) is -5.77. The Morgan fingerprint density at radius 2 is 1.59 bits per heavy atom. The summed E-state index contributed by atoms with van der Waals surface area (Å²) in [5, 5.41) is 11.0. The third-order valence-corrected chi connectivity index (χ3v) is 5.06. The number of benzene rings is 2. The van der Waals surface area contributed by atoms with Gasteiger partial charge in [-0.2, -0.15) is 13.2 Å². The lowest BCUT2D eigenvalue weighted by Crippen LogP contribution is -2.51. The molecule has 2 aromatic carbocycles. The van der Waals surface area contributed by atoms with Crippen molar-refractivity contribution in [1.82, 2.24) is 10.2 Å². The van der Waals surface area contributed by atoms with E-state index in [9.17, 15) is 27.6 Å². The summed E-state index contributed by atoms with van der Waals surface area (Å²) in [5.74, 6) is -3.01. The van der Waals surface area contributed by atoms with Gasteiger partial charge in [-0.3, -0.25) is 9.59 Å². The van der Waals surface area contributed by atoms with Crippen molar-refractivity contribution >= 4 is 18.0 Å². The molecule has 0 bridgehead atoms. The molecule has 0 saturated carbocycles. The predicted octanol–water partition coefficient (Wildman–Crippen LogP) is 3.39. The molecule has 170 valence electrons. The van der Waals surface area contributed by atoms with Crippen LogP contribution in [-0.4, -0.2) is 59.9 Å². The van der Waals surface area contributed by atoms with Crippen LogP contribution in [0.15, 0.2) is 48.5 Å². The fraction of sp³-hybridized carbons (Fsp3) is 0.318. The Kier molecular flexibility index (Phi) is 6.71. The molecule has 7 nitrogen and oxygen atoms in total. The minimum Gasteiger partial charge on any atom is -0.480 e. The molecule has 0 heterocycles. The van der Waals surface area contributed by atoms with Gasteiger partial charge in [-0.25, -0.2) is 4.79 Å². The number of fused-ring (bicyclic) bond motifs is 3. The van der Waals surface area contributed by atoms with Crippen LogP contribution in [0, 0.1) is 0 Å². The molecule has 2 N–H and O–H groups in total. The normalized spacial score (nSPS) is 13.6. The maximum absolute atomic E-state index is 12.7. The molecule has 0 aliphatic heterocycles. The second kappa shape index (κ2) is 9.29. The summed E-state index contributed by atoms with van der Waals surface area (Å²) in [4.78, 5) is 35.4. The first-order valence-corrected chi connectivity index (χ1v) is 9.75. The Balaban J connectivity index is 1.63. The van der Waals surface area contributed by atoms with Gasteiger partial charge in [-0.05, 0) is 29.2 Å². The van der Waals surface area contributed by atoms with Crippen LogP contribution in [0.5, 0.6) is 0 Å². The van der Waals surface area contributed by atoms with E-state index in [0.717, 1.165) is 29.2 Å². The van der Waals surface area contributed by atoms with Gasteiger partial charge in [0.25, 0.3) is 0 Å². The van der Waals surface area contributed by atoms with Gasteiger partial charge in [-0.15, -0.1) is 0 Å². The number of halogens is 3. The highest BCUT2D eigenvalue weighted by atomic mass is 19.4. The third kappa shape index (κ3) is 5.37. The number of nitrogens with zero attached hydrogens (tertiary/aromatic N) is 1. The summed E-state index contributed by atoms with van der Waals surface area (Å²) in [7, 11) is 0. The molecule has 0 unspecified atom stereocenters. The Labute approximate surface area is 181 Å². The molecule has 1 aliphatic rings. The quantitative estimate of drug-likeness (QED) is 0.674.